The molecular weight excluding hydrogens is 344 g/mol. The van der Waals surface area contributed by atoms with Crippen molar-refractivity contribution in [2.75, 3.05) is 65.2 Å². The number of hydrogen-bond acceptors (Lipinski definition) is 4. The van der Waals surface area contributed by atoms with E-state index < -0.39 is 0 Å². The van der Waals surface area contributed by atoms with Crippen molar-refractivity contribution in [3.8, 4) is 0 Å². The van der Waals surface area contributed by atoms with Crippen molar-refractivity contribution in [3.05, 3.63) is 30.3 Å². The maximum Gasteiger partial charge on any atom is 0.317 e. The Bertz CT molecular complexity index is 548. The maximum absolute atomic E-state index is 12.5. The number of amides is 2. The van der Waals surface area contributed by atoms with E-state index in [-0.39, 0.29) is 6.03 Å². The minimum atomic E-state index is 0.113. The minimum absolute atomic E-state index is 0.113. The number of likely N-dealkylation sites (N-methyl/N-ethyl adjacent to an activating group) is 1. The number of thioether (sulfide) groups is 1. The molecule has 1 aromatic rings. The van der Waals surface area contributed by atoms with Crippen LogP contribution < -0.4 is 5.32 Å². The van der Waals surface area contributed by atoms with Gasteiger partial charge in [-0.3, -0.25) is 0 Å². The van der Waals surface area contributed by atoms with Gasteiger partial charge in [-0.1, -0.05) is 18.2 Å². The SMILES string of the molecule is CN1CCN(C[C@H]2CCCN(C(=O)NCCSc3ccccc3)C2)CC1. The first-order chi connectivity index (χ1) is 12.7. The number of nitrogens with zero attached hydrogens (tertiary/aromatic N) is 3. The molecule has 3 rings (SSSR count). The predicted octanol–water partition coefficient (Wildman–Crippen LogP) is 2.45. The Morgan fingerprint density at radius 2 is 1.92 bits per heavy atom. The van der Waals surface area contributed by atoms with Crippen LogP contribution in [-0.2, 0) is 0 Å². The lowest BCUT2D eigenvalue weighted by Crippen LogP contribution is -2.50. The Balaban J connectivity index is 1.34. The standard InChI is InChI=1S/C20H32N4OS/c1-22-11-13-23(14-12-22)16-18-6-5-10-24(17-18)20(25)21-9-15-26-19-7-3-2-4-8-19/h2-4,7-8,18H,5-6,9-17H2,1H3,(H,21,25)/t18-/m1/s1. The summed E-state index contributed by atoms with van der Waals surface area (Å²) in [5.41, 5.74) is 0. The molecule has 26 heavy (non-hydrogen) atoms. The van der Waals surface area contributed by atoms with Crippen molar-refractivity contribution in [1.82, 2.24) is 20.0 Å². The fourth-order valence-electron chi connectivity index (χ4n) is 3.75. The molecule has 0 radical (unpaired) electrons. The fourth-order valence-corrected chi connectivity index (χ4v) is 4.54. The van der Waals surface area contributed by atoms with E-state index >= 15 is 0 Å². The average molecular weight is 377 g/mol. The van der Waals surface area contributed by atoms with Crippen molar-refractivity contribution < 1.29 is 4.79 Å². The molecule has 2 saturated heterocycles. The highest BCUT2D eigenvalue weighted by Gasteiger charge is 2.26. The predicted molar refractivity (Wildman–Crippen MR) is 109 cm³/mol. The Kier molecular flexibility index (Phi) is 7.65. The number of carbonyl (C=O) groups excluding carboxylic acids is 1. The molecule has 2 fully saturated rings. The third kappa shape index (κ3) is 6.18. The number of nitrogens with one attached hydrogen (secondary N) is 1. The highest BCUT2D eigenvalue weighted by molar-refractivity contribution is 7.99. The third-order valence-corrected chi connectivity index (χ3v) is 6.32. The van der Waals surface area contributed by atoms with Crippen LogP contribution in [-0.4, -0.2) is 85.9 Å². The van der Waals surface area contributed by atoms with Gasteiger partial charge in [-0.05, 0) is 37.9 Å². The van der Waals surface area contributed by atoms with Crippen LogP contribution in [0.25, 0.3) is 0 Å². The number of carbonyl (C=O) groups is 1. The molecule has 0 unspecified atom stereocenters. The van der Waals surface area contributed by atoms with Crippen LogP contribution >= 0.6 is 11.8 Å². The van der Waals surface area contributed by atoms with E-state index in [2.05, 4.69) is 46.4 Å². The maximum atomic E-state index is 12.5. The Labute approximate surface area is 162 Å². The molecule has 0 aliphatic carbocycles. The second kappa shape index (κ2) is 10.2. The topological polar surface area (TPSA) is 38.8 Å². The van der Waals surface area contributed by atoms with Gasteiger partial charge in [-0.25, -0.2) is 4.79 Å². The van der Waals surface area contributed by atoms with E-state index in [1.54, 1.807) is 11.8 Å². The number of benzene rings is 1. The molecule has 6 heteroatoms. The second-order valence-corrected chi connectivity index (χ2v) is 8.62. The first-order valence-electron chi connectivity index (χ1n) is 9.82. The fraction of sp³-hybridized carbons (Fsp3) is 0.650. The van der Waals surface area contributed by atoms with Crippen molar-refractivity contribution in [2.24, 2.45) is 5.92 Å². The van der Waals surface area contributed by atoms with E-state index in [4.69, 9.17) is 0 Å². The van der Waals surface area contributed by atoms with E-state index in [1.807, 2.05) is 11.0 Å². The zero-order chi connectivity index (χ0) is 18.2. The molecule has 2 aliphatic heterocycles. The summed E-state index contributed by atoms with van der Waals surface area (Å²) in [5, 5.41) is 3.10. The van der Waals surface area contributed by atoms with Gasteiger partial charge in [0, 0.05) is 63.0 Å². The molecular formula is C20H32N4OS. The normalized spacial score (nSPS) is 22.3. The molecule has 2 amide bonds. The molecule has 144 valence electrons. The smallest absolute Gasteiger partial charge is 0.317 e. The quantitative estimate of drug-likeness (QED) is 0.611. The molecule has 0 bridgehead atoms. The number of urea groups is 1. The lowest BCUT2D eigenvalue weighted by molar-refractivity contribution is 0.106. The Morgan fingerprint density at radius 1 is 1.15 bits per heavy atom. The van der Waals surface area contributed by atoms with Gasteiger partial charge in [0.05, 0.1) is 0 Å². The summed E-state index contributed by atoms with van der Waals surface area (Å²) < 4.78 is 0. The zero-order valence-corrected chi connectivity index (χ0v) is 16.7. The van der Waals surface area contributed by atoms with Crippen LogP contribution in [0.5, 0.6) is 0 Å². The molecule has 0 spiro atoms. The Hall–Kier alpha value is -1.24. The van der Waals surface area contributed by atoms with Gasteiger partial charge in [0.1, 0.15) is 0 Å². The van der Waals surface area contributed by atoms with Gasteiger partial charge >= 0.3 is 6.03 Å². The first kappa shape index (κ1) is 19.5. The highest BCUT2D eigenvalue weighted by Crippen LogP contribution is 2.19. The van der Waals surface area contributed by atoms with Gasteiger partial charge in [0.25, 0.3) is 0 Å². The summed E-state index contributed by atoms with van der Waals surface area (Å²) in [6.45, 7) is 8.32. The number of piperidine rings is 1. The van der Waals surface area contributed by atoms with Crippen molar-refractivity contribution in [2.45, 2.75) is 17.7 Å². The van der Waals surface area contributed by atoms with Gasteiger partial charge in [0.15, 0.2) is 0 Å². The van der Waals surface area contributed by atoms with E-state index in [0.29, 0.717) is 5.92 Å². The Morgan fingerprint density at radius 3 is 2.69 bits per heavy atom. The molecule has 0 saturated carbocycles. The van der Waals surface area contributed by atoms with Crippen molar-refractivity contribution >= 4 is 17.8 Å². The van der Waals surface area contributed by atoms with Gasteiger partial charge < -0.3 is 20.0 Å². The summed E-state index contributed by atoms with van der Waals surface area (Å²) in [5.74, 6) is 1.53. The first-order valence-corrected chi connectivity index (χ1v) is 10.8. The van der Waals surface area contributed by atoms with Crippen LogP contribution in [0.2, 0.25) is 0 Å². The zero-order valence-electron chi connectivity index (χ0n) is 15.9. The van der Waals surface area contributed by atoms with E-state index in [0.717, 1.165) is 64.5 Å². The summed E-state index contributed by atoms with van der Waals surface area (Å²) >= 11 is 1.79. The third-order valence-electron chi connectivity index (χ3n) is 5.31. The van der Waals surface area contributed by atoms with Crippen molar-refractivity contribution in [1.29, 1.82) is 0 Å². The van der Waals surface area contributed by atoms with Gasteiger partial charge in [-0.15, -0.1) is 11.8 Å². The molecule has 2 aliphatic rings. The van der Waals surface area contributed by atoms with Gasteiger partial charge in [-0.2, -0.15) is 0 Å². The summed E-state index contributed by atoms with van der Waals surface area (Å²) in [6, 6.07) is 10.5. The second-order valence-electron chi connectivity index (χ2n) is 7.45. The molecule has 5 nitrogen and oxygen atoms in total. The van der Waals surface area contributed by atoms with E-state index in [9.17, 15) is 4.79 Å². The van der Waals surface area contributed by atoms with E-state index in [1.165, 1.54) is 11.3 Å². The highest BCUT2D eigenvalue weighted by atomic mass is 32.2. The summed E-state index contributed by atoms with van der Waals surface area (Å²) in [6.07, 6.45) is 2.38. The van der Waals surface area contributed by atoms with Crippen LogP contribution in [0.15, 0.2) is 35.2 Å². The molecule has 1 atom stereocenters. The van der Waals surface area contributed by atoms with Crippen LogP contribution in [0.4, 0.5) is 4.79 Å². The van der Waals surface area contributed by atoms with Gasteiger partial charge in [0.2, 0.25) is 0 Å². The lowest BCUT2D eigenvalue weighted by Gasteiger charge is -2.38. The monoisotopic (exact) mass is 376 g/mol. The summed E-state index contributed by atoms with van der Waals surface area (Å²) in [7, 11) is 2.19. The van der Waals surface area contributed by atoms with Crippen LogP contribution in [0.3, 0.4) is 0 Å². The number of piperazine rings is 1. The number of likely N-dealkylation sites (tertiary alicyclic amines) is 1. The minimum Gasteiger partial charge on any atom is -0.337 e. The van der Waals surface area contributed by atoms with Crippen LogP contribution in [0.1, 0.15) is 12.8 Å². The number of rotatable bonds is 6. The lowest BCUT2D eigenvalue weighted by atomic mass is 9.97. The summed E-state index contributed by atoms with van der Waals surface area (Å²) in [4.78, 5) is 20.7. The van der Waals surface area contributed by atoms with Crippen LogP contribution in [0, 0.1) is 5.92 Å². The molecule has 1 N–H and O–H groups in total. The largest absolute Gasteiger partial charge is 0.337 e. The number of hydrogen-bond donors (Lipinski definition) is 1. The average Bonchev–Trinajstić information content (AvgIpc) is 2.68. The molecule has 0 aromatic heterocycles. The molecule has 1 aromatic carbocycles. The molecule has 2 heterocycles. The van der Waals surface area contributed by atoms with Crippen molar-refractivity contribution in [3.63, 3.8) is 0 Å².